The Morgan fingerprint density at radius 2 is 2.04 bits per heavy atom. The number of hydrogen-bond donors (Lipinski definition) is 1. The molecule has 26 heavy (non-hydrogen) atoms. The van der Waals surface area contributed by atoms with Crippen LogP contribution in [0.1, 0.15) is 47.9 Å². The molecule has 6 nitrogen and oxygen atoms in total. The van der Waals surface area contributed by atoms with Crippen LogP contribution in [0.5, 0.6) is 11.5 Å². The lowest BCUT2D eigenvalue weighted by molar-refractivity contribution is 0.0475. The van der Waals surface area contributed by atoms with Gasteiger partial charge in [0.25, 0.3) is 0 Å². The Morgan fingerprint density at radius 3 is 2.85 bits per heavy atom. The summed E-state index contributed by atoms with van der Waals surface area (Å²) in [7, 11) is 2.04. The highest BCUT2D eigenvalue weighted by molar-refractivity contribution is 5.45. The Bertz CT molecular complexity index is 815. The first-order valence-electron chi connectivity index (χ1n) is 9.50. The average Bonchev–Trinajstić information content (AvgIpc) is 3.23. The van der Waals surface area contributed by atoms with E-state index in [4.69, 9.17) is 9.47 Å². The molecule has 0 unspecified atom stereocenters. The number of aliphatic hydroxyl groups excluding tert-OH is 1. The van der Waals surface area contributed by atoms with E-state index >= 15 is 0 Å². The summed E-state index contributed by atoms with van der Waals surface area (Å²) in [6.07, 6.45) is 5.14. The van der Waals surface area contributed by atoms with Crippen LogP contribution in [0.15, 0.2) is 24.4 Å². The number of hydrogen-bond acceptors (Lipinski definition) is 5. The van der Waals surface area contributed by atoms with Gasteiger partial charge in [-0.25, -0.2) is 0 Å². The van der Waals surface area contributed by atoms with E-state index < -0.39 is 0 Å². The van der Waals surface area contributed by atoms with E-state index in [1.165, 1.54) is 24.1 Å². The number of ether oxygens (including phenoxy) is 2. The van der Waals surface area contributed by atoms with E-state index in [-0.39, 0.29) is 18.8 Å². The van der Waals surface area contributed by atoms with Crippen molar-refractivity contribution in [2.24, 2.45) is 7.05 Å². The van der Waals surface area contributed by atoms with Crippen LogP contribution in [0, 0.1) is 0 Å². The van der Waals surface area contributed by atoms with E-state index in [0.717, 1.165) is 36.6 Å². The fraction of sp³-hybridized carbons (Fsp3) is 0.550. The standard InChI is InChI=1S/C20H25N3O3/c1-22-20(13-2-3-13)15(9-21-22)10-23-7-6-16(17(24)11-23)14-4-5-18-19(8-14)26-12-25-18/h4-5,8-9,13,16-17,24H,2-3,6-7,10-12H2,1H3/t16-,17+/m0/s1. The third-order valence-corrected chi connectivity index (χ3v) is 5.91. The highest BCUT2D eigenvalue weighted by Crippen LogP contribution is 2.42. The molecule has 1 saturated carbocycles. The van der Waals surface area contributed by atoms with Crippen molar-refractivity contribution in [3.63, 3.8) is 0 Å². The van der Waals surface area contributed by atoms with E-state index in [1.54, 1.807) is 0 Å². The second-order valence-electron chi connectivity index (χ2n) is 7.76. The molecule has 0 bridgehead atoms. The second-order valence-corrected chi connectivity index (χ2v) is 7.76. The molecule has 1 N–H and O–H groups in total. The van der Waals surface area contributed by atoms with E-state index in [0.29, 0.717) is 12.5 Å². The highest BCUT2D eigenvalue weighted by Gasteiger charge is 2.33. The van der Waals surface area contributed by atoms with Gasteiger partial charge >= 0.3 is 0 Å². The maximum atomic E-state index is 10.8. The number of β-amino-alcohol motifs (C(OH)–C–C–N with tert-alkyl or cyclic N) is 1. The van der Waals surface area contributed by atoms with Gasteiger partial charge in [0.15, 0.2) is 11.5 Å². The van der Waals surface area contributed by atoms with Crippen LogP contribution in [0.4, 0.5) is 0 Å². The molecule has 2 aliphatic heterocycles. The molecule has 2 atom stereocenters. The first-order valence-corrected chi connectivity index (χ1v) is 9.50. The van der Waals surface area contributed by atoms with Crippen molar-refractivity contribution in [3.8, 4) is 11.5 Å². The third-order valence-electron chi connectivity index (χ3n) is 5.91. The average molecular weight is 355 g/mol. The van der Waals surface area contributed by atoms with Gasteiger partial charge in [-0.05, 0) is 43.5 Å². The number of likely N-dealkylation sites (tertiary alicyclic amines) is 1. The topological polar surface area (TPSA) is 59.8 Å². The number of fused-ring (bicyclic) bond motifs is 1. The zero-order valence-corrected chi connectivity index (χ0v) is 15.1. The molecule has 0 radical (unpaired) electrons. The van der Waals surface area contributed by atoms with Crippen molar-refractivity contribution in [2.45, 2.75) is 43.7 Å². The van der Waals surface area contributed by atoms with Gasteiger partial charge in [0.05, 0.1) is 12.3 Å². The fourth-order valence-electron chi connectivity index (χ4n) is 4.41. The molecule has 3 heterocycles. The van der Waals surface area contributed by atoms with E-state index in [9.17, 15) is 5.11 Å². The lowest BCUT2D eigenvalue weighted by atomic mass is 9.86. The van der Waals surface area contributed by atoms with Crippen LogP contribution in [0.2, 0.25) is 0 Å². The predicted molar refractivity (Wildman–Crippen MR) is 96.4 cm³/mol. The van der Waals surface area contributed by atoms with Crippen molar-refractivity contribution >= 4 is 0 Å². The van der Waals surface area contributed by atoms with Crippen LogP contribution >= 0.6 is 0 Å². The lowest BCUT2D eigenvalue weighted by Gasteiger charge is -2.36. The smallest absolute Gasteiger partial charge is 0.231 e. The largest absolute Gasteiger partial charge is 0.454 e. The van der Waals surface area contributed by atoms with Crippen LogP contribution in [0.3, 0.4) is 0 Å². The molecular weight excluding hydrogens is 330 g/mol. The van der Waals surface area contributed by atoms with Crippen molar-refractivity contribution in [1.82, 2.24) is 14.7 Å². The summed E-state index contributed by atoms with van der Waals surface area (Å²) in [6.45, 7) is 2.84. The van der Waals surface area contributed by atoms with E-state index in [2.05, 4.69) is 16.1 Å². The Morgan fingerprint density at radius 1 is 1.19 bits per heavy atom. The minimum Gasteiger partial charge on any atom is -0.454 e. The monoisotopic (exact) mass is 355 g/mol. The van der Waals surface area contributed by atoms with Gasteiger partial charge in [-0.1, -0.05) is 6.07 Å². The first kappa shape index (κ1) is 16.1. The zero-order valence-electron chi connectivity index (χ0n) is 15.1. The molecule has 1 saturated heterocycles. The van der Waals surface area contributed by atoms with Gasteiger partial charge in [-0.15, -0.1) is 0 Å². The van der Waals surface area contributed by atoms with Gasteiger partial charge < -0.3 is 14.6 Å². The molecule has 1 aliphatic carbocycles. The van der Waals surface area contributed by atoms with Crippen LogP contribution in [-0.4, -0.2) is 45.8 Å². The summed E-state index contributed by atoms with van der Waals surface area (Å²) in [5.41, 5.74) is 3.85. The molecule has 1 aromatic heterocycles. The van der Waals surface area contributed by atoms with Crippen LogP contribution in [0.25, 0.3) is 0 Å². The summed E-state index contributed by atoms with van der Waals surface area (Å²) in [6, 6.07) is 6.04. The number of aliphatic hydroxyl groups is 1. The Balaban J connectivity index is 1.27. The predicted octanol–water partition coefficient (Wildman–Crippen LogP) is 2.38. The number of aromatic nitrogens is 2. The molecular formula is C20H25N3O3. The van der Waals surface area contributed by atoms with Crippen molar-refractivity contribution in [3.05, 3.63) is 41.2 Å². The highest BCUT2D eigenvalue weighted by atomic mass is 16.7. The lowest BCUT2D eigenvalue weighted by Crippen LogP contribution is -2.42. The Hall–Kier alpha value is -2.05. The summed E-state index contributed by atoms with van der Waals surface area (Å²) < 4.78 is 12.9. The zero-order chi connectivity index (χ0) is 17.7. The van der Waals surface area contributed by atoms with Crippen LogP contribution in [-0.2, 0) is 13.6 Å². The minimum absolute atomic E-state index is 0.151. The molecule has 5 rings (SSSR count). The quantitative estimate of drug-likeness (QED) is 0.912. The summed E-state index contributed by atoms with van der Waals surface area (Å²) in [5, 5.41) is 15.2. The summed E-state index contributed by atoms with van der Waals surface area (Å²) >= 11 is 0. The molecule has 1 aromatic carbocycles. The van der Waals surface area contributed by atoms with Gasteiger partial charge in [0.2, 0.25) is 6.79 Å². The van der Waals surface area contributed by atoms with Crippen molar-refractivity contribution < 1.29 is 14.6 Å². The molecule has 2 aromatic rings. The first-order chi connectivity index (χ1) is 12.7. The SMILES string of the molecule is Cn1ncc(CN2CC[C@@H](c3ccc4c(c3)OCO4)[C@H](O)C2)c1C1CC1. The Labute approximate surface area is 153 Å². The summed E-state index contributed by atoms with van der Waals surface area (Å²) in [4.78, 5) is 2.36. The maximum Gasteiger partial charge on any atom is 0.231 e. The van der Waals surface area contributed by atoms with Gasteiger partial charge in [0, 0.05) is 43.2 Å². The second kappa shape index (κ2) is 6.28. The summed E-state index contributed by atoms with van der Waals surface area (Å²) in [5.74, 6) is 2.43. The number of benzene rings is 1. The fourth-order valence-corrected chi connectivity index (χ4v) is 4.41. The molecule has 6 heteroatoms. The molecule has 138 valence electrons. The number of aryl methyl sites for hydroxylation is 1. The molecule has 2 fully saturated rings. The molecule has 0 spiro atoms. The number of rotatable bonds is 4. The van der Waals surface area contributed by atoms with Gasteiger partial charge in [0.1, 0.15) is 0 Å². The van der Waals surface area contributed by atoms with Gasteiger partial charge in [-0.3, -0.25) is 9.58 Å². The van der Waals surface area contributed by atoms with Crippen LogP contribution < -0.4 is 9.47 Å². The molecule has 3 aliphatic rings. The van der Waals surface area contributed by atoms with Crippen molar-refractivity contribution in [2.75, 3.05) is 19.9 Å². The normalized spacial score (nSPS) is 25.6. The number of piperidine rings is 1. The van der Waals surface area contributed by atoms with Gasteiger partial charge in [-0.2, -0.15) is 5.10 Å². The van der Waals surface area contributed by atoms with E-state index in [1.807, 2.05) is 30.1 Å². The third kappa shape index (κ3) is 2.87. The van der Waals surface area contributed by atoms with Crippen molar-refractivity contribution in [1.29, 1.82) is 0 Å². The molecule has 0 amide bonds. The Kier molecular flexibility index (Phi) is 3.90. The minimum atomic E-state index is -0.370. The number of nitrogens with zero attached hydrogens (tertiary/aromatic N) is 3. The maximum absolute atomic E-state index is 10.8.